The predicted molar refractivity (Wildman–Crippen MR) is 101 cm³/mol. The Morgan fingerprint density at radius 1 is 1.26 bits per heavy atom. The first kappa shape index (κ1) is 19.8. The van der Waals surface area contributed by atoms with Gasteiger partial charge < -0.3 is 10.1 Å². The summed E-state index contributed by atoms with van der Waals surface area (Å²) in [6.45, 7) is 7.00. The minimum atomic E-state index is -0.738. The Morgan fingerprint density at radius 2 is 1.89 bits per heavy atom. The monoisotopic (exact) mass is 376 g/mol. The maximum absolute atomic E-state index is 13.3. The molecular formula is C21H29FN2O3. The van der Waals surface area contributed by atoms with Crippen molar-refractivity contribution in [3.63, 3.8) is 0 Å². The van der Waals surface area contributed by atoms with Crippen LogP contribution in [0.2, 0.25) is 0 Å². The maximum Gasteiger partial charge on any atom is 0.256 e. The van der Waals surface area contributed by atoms with Crippen molar-refractivity contribution in [2.75, 3.05) is 13.2 Å². The Hall–Kier alpha value is -1.95. The molecule has 0 aromatic heterocycles. The van der Waals surface area contributed by atoms with Crippen LogP contribution < -0.4 is 5.32 Å². The fourth-order valence-electron chi connectivity index (χ4n) is 3.93. The van der Waals surface area contributed by atoms with Crippen molar-refractivity contribution in [1.29, 1.82) is 0 Å². The van der Waals surface area contributed by atoms with Gasteiger partial charge in [-0.15, -0.1) is 0 Å². The molecule has 1 aromatic carbocycles. The van der Waals surface area contributed by atoms with Crippen molar-refractivity contribution in [2.24, 2.45) is 11.8 Å². The van der Waals surface area contributed by atoms with E-state index in [9.17, 15) is 14.0 Å². The van der Waals surface area contributed by atoms with E-state index in [4.69, 9.17) is 4.74 Å². The van der Waals surface area contributed by atoms with Gasteiger partial charge >= 0.3 is 0 Å². The molecule has 1 N–H and O–H groups in total. The highest BCUT2D eigenvalue weighted by Crippen LogP contribution is 2.43. The highest BCUT2D eigenvalue weighted by Gasteiger charge is 2.53. The zero-order valence-electron chi connectivity index (χ0n) is 16.3. The van der Waals surface area contributed by atoms with Crippen LogP contribution >= 0.6 is 0 Å². The standard InChI is InChI=1S/C21H29FN2O3/c1-14(2)12-23-19(25)18-13-27-21(10-8-15(3)9-11-21)24(18)20(26)16-4-6-17(22)7-5-16/h4-7,14-15,18H,8-13H2,1-3H3,(H,23,25)/t15?,18-,21?/m1/s1. The van der Waals surface area contributed by atoms with Crippen LogP contribution in [0, 0.1) is 17.7 Å². The molecule has 0 radical (unpaired) electrons. The predicted octanol–water partition coefficient (Wildman–Crippen LogP) is 3.35. The number of nitrogens with one attached hydrogen (secondary N) is 1. The molecule has 148 valence electrons. The Kier molecular flexibility index (Phi) is 5.84. The third-order valence-electron chi connectivity index (χ3n) is 5.61. The molecule has 1 atom stereocenters. The summed E-state index contributed by atoms with van der Waals surface area (Å²) in [5.74, 6) is 0.0517. The topological polar surface area (TPSA) is 58.6 Å². The minimum Gasteiger partial charge on any atom is -0.354 e. The lowest BCUT2D eigenvalue weighted by Crippen LogP contribution is -2.57. The van der Waals surface area contributed by atoms with Crippen LogP contribution in [0.5, 0.6) is 0 Å². The zero-order chi connectivity index (χ0) is 19.6. The number of rotatable bonds is 4. The van der Waals surface area contributed by atoms with E-state index in [0.29, 0.717) is 23.9 Å². The van der Waals surface area contributed by atoms with Gasteiger partial charge in [-0.3, -0.25) is 14.5 Å². The van der Waals surface area contributed by atoms with Gasteiger partial charge in [-0.05, 0) is 61.8 Å². The summed E-state index contributed by atoms with van der Waals surface area (Å²) in [5, 5.41) is 2.93. The van der Waals surface area contributed by atoms with Crippen molar-refractivity contribution >= 4 is 11.8 Å². The number of carbonyl (C=O) groups is 2. The molecular weight excluding hydrogens is 347 g/mol. The molecule has 1 aliphatic heterocycles. The summed E-state index contributed by atoms with van der Waals surface area (Å²) in [4.78, 5) is 27.7. The summed E-state index contributed by atoms with van der Waals surface area (Å²) in [7, 11) is 0. The van der Waals surface area contributed by atoms with Gasteiger partial charge in [0.15, 0.2) is 0 Å². The van der Waals surface area contributed by atoms with Crippen LogP contribution in [0.4, 0.5) is 4.39 Å². The summed E-state index contributed by atoms with van der Waals surface area (Å²) >= 11 is 0. The molecule has 2 fully saturated rings. The molecule has 0 bridgehead atoms. The average Bonchev–Trinajstić information content (AvgIpc) is 3.01. The zero-order valence-corrected chi connectivity index (χ0v) is 16.3. The Balaban J connectivity index is 1.88. The van der Waals surface area contributed by atoms with Crippen LogP contribution in [-0.2, 0) is 9.53 Å². The molecule has 0 unspecified atom stereocenters. The molecule has 1 heterocycles. The van der Waals surface area contributed by atoms with Crippen LogP contribution in [0.1, 0.15) is 56.8 Å². The molecule has 1 saturated heterocycles. The first-order valence-electron chi connectivity index (χ1n) is 9.83. The van der Waals surface area contributed by atoms with Crippen LogP contribution in [-0.4, -0.2) is 41.6 Å². The maximum atomic E-state index is 13.3. The van der Waals surface area contributed by atoms with Gasteiger partial charge in [-0.1, -0.05) is 20.8 Å². The number of hydrogen-bond donors (Lipinski definition) is 1. The largest absolute Gasteiger partial charge is 0.354 e. The average molecular weight is 376 g/mol. The first-order chi connectivity index (χ1) is 12.8. The second kappa shape index (κ2) is 7.97. The molecule has 2 aliphatic rings. The van der Waals surface area contributed by atoms with Gasteiger partial charge in [0.2, 0.25) is 5.91 Å². The summed E-state index contributed by atoms with van der Waals surface area (Å²) in [6.07, 6.45) is 3.34. The lowest BCUT2D eigenvalue weighted by atomic mass is 9.83. The number of ether oxygens (including phenoxy) is 1. The summed E-state index contributed by atoms with van der Waals surface area (Å²) in [5.41, 5.74) is -0.362. The second-order valence-corrected chi connectivity index (χ2v) is 8.28. The van der Waals surface area contributed by atoms with Crippen molar-refractivity contribution < 1.29 is 18.7 Å². The van der Waals surface area contributed by atoms with Gasteiger partial charge in [-0.2, -0.15) is 0 Å². The van der Waals surface area contributed by atoms with Crippen molar-refractivity contribution in [2.45, 2.75) is 58.2 Å². The normalized spacial score (nSPS) is 28.0. The molecule has 1 aliphatic carbocycles. The third-order valence-corrected chi connectivity index (χ3v) is 5.61. The van der Waals surface area contributed by atoms with Gasteiger partial charge in [0.1, 0.15) is 17.6 Å². The quantitative estimate of drug-likeness (QED) is 0.877. The number of nitrogens with zero attached hydrogens (tertiary/aromatic N) is 1. The molecule has 1 saturated carbocycles. The van der Waals surface area contributed by atoms with Crippen LogP contribution in [0.3, 0.4) is 0 Å². The van der Waals surface area contributed by atoms with Gasteiger partial charge in [0.25, 0.3) is 5.91 Å². The third kappa shape index (κ3) is 4.15. The van der Waals surface area contributed by atoms with E-state index in [1.165, 1.54) is 24.3 Å². The molecule has 1 aromatic rings. The lowest BCUT2D eigenvalue weighted by molar-refractivity contribution is -0.128. The first-order valence-corrected chi connectivity index (χ1v) is 9.83. The van der Waals surface area contributed by atoms with Crippen LogP contribution in [0.15, 0.2) is 24.3 Å². The van der Waals surface area contributed by atoms with E-state index in [-0.39, 0.29) is 18.4 Å². The fourth-order valence-corrected chi connectivity index (χ4v) is 3.93. The molecule has 3 rings (SSSR count). The summed E-state index contributed by atoms with van der Waals surface area (Å²) in [6, 6.07) is 4.83. The van der Waals surface area contributed by atoms with E-state index in [1.807, 2.05) is 13.8 Å². The molecule has 1 spiro atoms. The second-order valence-electron chi connectivity index (χ2n) is 8.28. The highest BCUT2D eigenvalue weighted by atomic mass is 19.1. The number of halogens is 1. The molecule has 5 nitrogen and oxygen atoms in total. The minimum absolute atomic E-state index is 0.186. The SMILES string of the molecule is CC(C)CNC(=O)[C@H]1COC2(CCC(C)CC2)N1C(=O)c1ccc(F)cc1. The number of carbonyl (C=O) groups excluding carboxylic acids is 2. The van der Waals surface area contributed by atoms with Gasteiger partial charge in [0.05, 0.1) is 6.61 Å². The molecule has 27 heavy (non-hydrogen) atoms. The van der Waals surface area contributed by atoms with Crippen LogP contribution in [0.25, 0.3) is 0 Å². The number of hydrogen-bond acceptors (Lipinski definition) is 3. The van der Waals surface area contributed by atoms with E-state index in [0.717, 1.165) is 25.7 Å². The smallest absolute Gasteiger partial charge is 0.256 e. The fraction of sp³-hybridized carbons (Fsp3) is 0.619. The Labute approximate surface area is 160 Å². The van der Waals surface area contributed by atoms with E-state index < -0.39 is 17.6 Å². The Morgan fingerprint density at radius 3 is 2.48 bits per heavy atom. The Bertz CT molecular complexity index is 681. The lowest BCUT2D eigenvalue weighted by Gasteiger charge is -2.43. The van der Waals surface area contributed by atoms with E-state index in [1.54, 1.807) is 4.90 Å². The number of benzene rings is 1. The highest BCUT2D eigenvalue weighted by molar-refractivity contribution is 5.98. The van der Waals surface area contributed by atoms with Gasteiger partial charge in [-0.25, -0.2) is 4.39 Å². The van der Waals surface area contributed by atoms with Crippen molar-refractivity contribution in [1.82, 2.24) is 10.2 Å². The summed E-state index contributed by atoms with van der Waals surface area (Å²) < 4.78 is 19.4. The van der Waals surface area contributed by atoms with Crippen molar-refractivity contribution in [3.05, 3.63) is 35.6 Å². The van der Waals surface area contributed by atoms with E-state index in [2.05, 4.69) is 12.2 Å². The van der Waals surface area contributed by atoms with E-state index >= 15 is 0 Å². The molecule has 2 amide bonds. The number of amides is 2. The van der Waals surface area contributed by atoms with Gasteiger partial charge in [0, 0.05) is 12.1 Å². The molecule has 6 heteroatoms. The van der Waals surface area contributed by atoms with Crippen molar-refractivity contribution in [3.8, 4) is 0 Å².